The Kier molecular flexibility index (Phi) is 3.77. The van der Waals surface area contributed by atoms with Gasteiger partial charge in [0.05, 0.1) is 12.1 Å². The van der Waals surface area contributed by atoms with Gasteiger partial charge in [-0.05, 0) is 31.2 Å². The third-order valence-corrected chi connectivity index (χ3v) is 3.42. The van der Waals surface area contributed by atoms with E-state index in [2.05, 4.69) is 5.32 Å². The van der Waals surface area contributed by atoms with Crippen LogP contribution in [0.25, 0.3) is 11.1 Å². The van der Waals surface area contributed by atoms with Gasteiger partial charge in [0.2, 0.25) is 5.91 Å². The van der Waals surface area contributed by atoms with E-state index in [-0.39, 0.29) is 19.0 Å². The highest BCUT2D eigenvalue weighted by Gasteiger charge is 2.13. The van der Waals surface area contributed by atoms with Crippen LogP contribution in [0.2, 0.25) is 5.02 Å². The molecule has 0 fully saturated rings. The summed E-state index contributed by atoms with van der Waals surface area (Å²) < 4.78 is 11.7. The SMILES string of the molecule is Cc1ccc(CNC(=O)Cn2c(=O)oc3cc(Cl)ccc32)o1. The summed E-state index contributed by atoms with van der Waals surface area (Å²) in [5.74, 6) is 0.523. The topological polar surface area (TPSA) is 77.4 Å². The largest absolute Gasteiger partial charge is 0.465 e. The molecule has 0 bridgehead atoms. The molecule has 2 heterocycles. The molecule has 2 aromatic heterocycles. The van der Waals surface area contributed by atoms with Crippen molar-refractivity contribution in [3.05, 3.63) is 57.4 Å². The second-order valence-electron chi connectivity index (χ2n) is 4.86. The van der Waals surface area contributed by atoms with Gasteiger partial charge in [-0.15, -0.1) is 0 Å². The summed E-state index contributed by atoms with van der Waals surface area (Å²) in [6, 6.07) is 8.43. The van der Waals surface area contributed by atoms with E-state index in [1.807, 2.05) is 13.0 Å². The van der Waals surface area contributed by atoms with Gasteiger partial charge < -0.3 is 14.2 Å². The highest BCUT2D eigenvalue weighted by atomic mass is 35.5. The smallest absolute Gasteiger partial charge is 0.420 e. The quantitative estimate of drug-likeness (QED) is 0.801. The van der Waals surface area contributed by atoms with Gasteiger partial charge in [0.25, 0.3) is 0 Å². The molecule has 3 aromatic rings. The minimum Gasteiger partial charge on any atom is -0.465 e. The summed E-state index contributed by atoms with van der Waals surface area (Å²) >= 11 is 5.84. The molecule has 0 atom stereocenters. The van der Waals surface area contributed by atoms with Gasteiger partial charge in [-0.25, -0.2) is 4.79 Å². The highest BCUT2D eigenvalue weighted by molar-refractivity contribution is 6.31. The molecule has 0 spiro atoms. The Morgan fingerprint density at radius 1 is 1.27 bits per heavy atom. The summed E-state index contributed by atoms with van der Waals surface area (Å²) in [6.07, 6.45) is 0. The average Bonchev–Trinajstić information content (AvgIpc) is 3.01. The Labute approximate surface area is 130 Å². The van der Waals surface area contributed by atoms with Crippen LogP contribution in [0.15, 0.2) is 44.0 Å². The number of amides is 1. The van der Waals surface area contributed by atoms with E-state index in [0.717, 1.165) is 5.76 Å². The second kappa shape index (κ2) is 5.73. The summed E-state index contributed by atoms with van der Waals surface area (Å²) in [6.45, 7) is 1.96. The van der Waals surface area contributed by atoms with Gasteiger partial charge in [0.1, 0.15) is 18.1 Å². The standard InChI is InChI=1S/C15H13ClN2O4/c1-9-2-4-11(21-9)7-17-14(19)8-18-12-5-3-10(16)6-13(12)22-15(18)20/h2-6H,7-8H2,1H3,(H,17,19). The van der Waals surface area contributed by atoms with Gasteiger partial charge >= 0.3 is 5.76 Å². The monoisotopic (exact) mass is 320 g/mol. The van der Waals surface area contributed by atoms with E-state index in [9.17, 15) is 9.59 Å². The Hall–Kier alpha value is -2.47. The normalized spacial score (nSPS) is 11.0. The number of furan rings is 1. The van der Waals surface area contributed by atoms with Crippen molar-refractivity contribution in [1.29, 1.82) is 0 Å². The molecular formula is C15H13ClN2O4. The molecule has 1 amide bonds. The van der Waals surface area contributed by atoms with Gasteiger partial charge in [-0.1, -0.05) is 11.6 Å². The molecule has 0 unspecified atom stereocenters. The number of aryl methyl sites for hydroxylation is 1. The number of hydrogen-bond donors (Lipinski definition) is 1. The second-order valence-corrected chi connectivity index (χ2v) is 5.29. The Balaban J connectivity index is 1.74. The molecule has 0 aliphatic heterocycles. The maximum atomic E-state index is 12.0. The van der Waals surface area contributed by atoms with Gasteiger partial charge in [-0.3, -0.25) is 9.36 Å². The van der Waals surface area contributed by atoms with Crippen molar-refractivity contribution in [2.24, 2.45) is 0 Å². The predicted octanol–water partition coefficient (Wildman–Crippen LogP) is 2.47. The molecule has 22 heavy (non-hydrogen) atoms. The first-order chi connectivity index (χ1) is 10.5. The lowest BCUT2D eigenvalue weighted by atomic mass is 10.3. The number of carbonyl (C=O) groups excluding carboxylic acids is 1. The first-order valence-electron chi connectivity index (χ1n) is 6.64. The maximum Gasteiger partial charge on any atom is 0.420 e. The molecule has 6 nitrogen and oxygen atoms in total. The number of hydrogen-bond acceptors (Lipinski definition) is 4. The van der Waals surface area contributed by atoms with Crippen molar-refractivity contribution in [3.8, 4) is 0 Å². The fraction of sp³-hybridized carbons (Fsp3) is 0.200. The van der Waals surface area contributed by atoms with E-state index >= 15 is 0 Å². The summed E-state index contributed by atoms with van der Waals surface area (Å²) in [5, 5.41) is 3.16. The molecule has 1 aromatic carbocycles. The summed E-state index contributed by atoms with van der Waals surface area (Å²) in [7, 11) is 0. The molecule has 3 rings (SSSR count). The average molecular weight is 321 g/mol. The van der Waals surface area contributed by atoms with Gasteiger partial charge in [0.15, 0.2) is 5.58 Å². The minimum atomic E-state index is -0.596. The fourth-order valence-electron chi connectivity index (χ4n) is 2.16. The van der Waals surface area contributed by atoms with Crippen LogP contribution in [-0.4, -0.2) is 10.5 Å². The van der Waals surface area contributed by atoms with Crippen LogP contribution in [-0.2, 0) is 17.9 Å². The van der Waals surface area contributed by atoms with Crippen molar-refractivity contribution < 1.29 is 13.6 Å². The zero-order chi connectivity index (χ0) is 15.7. The van der Waals surface area contributed by atoms with Crippen molar-refractivity contribution >= 4 is 28.6 Å². The van der Waals surface area contributed by atoms with Gasteiger partial charge in [0, 0.05) is 11.1 Å². The zero-order valence-electron chi connectivity index (χ0n) is 11.8. The molecule has 0 radical (unpaired) electrons. The maximum absolute atomic E-state index is 12.0. The minimum absolute atomic E-state index is 0.132. The summed E-state index contributed by atoms with van der Waals surface area (Å²) in [4.78, 5) is 23.8. The summed E-state index contributed by atoms with van der Waals surface area (Å²) in [5.41, 5.74) is 0.880. The lowest BCUT2D eigenvalue weighted by Crippen LogP contribution is -2.30. The fourth-order valence-corrected chi connectivity index (χ4v) is 2.32. The van der Waals surface area contributed by atoms with Crippen molar-refractivity contribution in [2.75, 3.05) is 0 Å². The predicted molar refractivity (Wildman–Crippen MR) is 80.8 cm³/mol. The molecule has 0 aliphatic rings. The van der Waals surface area contributed by atoms with Crippen molar-refractivity contribution in [3.63, 3.8) is 0 Å². The van der Waals surface area contributed by atoms with Gasteiger partial charge in [-0.2, -0.15) is 0 Å². The molecule has 0 saturated heterocycles. The molecule has 0 saturated carbocycles. The Morgan fingerprint density at radius 3 is 2.82 bits per heavy atom. The van der Waals surface area contributed by atoms with Crippen LogP contribution in [0.3, 0.4) is 0 Å². The van der Waals surface area contributed by atoms with Crippen molar-refractivity contribution in [1.82, 2.24) is 9.88 Å². The van der Waals surface area contributed by atoms with Crippen LogP contribution in [0, 0.1) is 6.92 Å². The number of aromatic nitrogens is 1. The first-order valence-corrected chi connectivity index (χ1v) is 7.01. The number of halogens is 1. The Morgan fingerprint density at radius 2 is 2.09 bits per heavy atom. The number of benzene rings is 1. The van der Waals surface area contributed by atoms with Crippen LogP contribution >= 0.6 is 11.6 Å². The zero-order valence-corrected chi connectivity index (χ0v) is 12.5. The number of carbonyl (C=O) groups is 1. The first kappa shape index (κ1) is 14.5. The lowest BCUT2D eigenvalue weighted by molar-refractivity contribution is -0.121. The highest BCUT2D eigenvalue weighted by Crippen LogP contribution is 2.18. The third-order valence-electron chi connectivity index (χ3n) is 3.19. The van der Waals surface area contributed by atoms with Crippen LogP contribution in [0.4, 0.5) is 0 Å². The number of fused-ring (bicyclic) bond motifs is 1. The van der Waals surface area contributed by atoms with E-state index < -0.39 is 5.76 Å². The van der Waals surface area contributed by atoms with Crippen molar-refractivity contribution in [2.45, 2.75) is 20.0 Å². The number of oxazole rings is 1. The number of nitrogens with one attached hydrogen (secondary N) is 1. The molecule has 1 N–H and O–H groups in total. The van der Waals surface area contributed by atoms with E-state index in [1.165, 1.54) is 10.6 Å². The van der Waals surface area contributed by atoms with Crippen LogP contribution in [0.5, 0.6) is 0 Å². The third kappa shape index (κ3) is 2.92. The van der Waals surface area contributed by atoms with E-state index in [4.69, 9.17) is 20.4 Å². The molecule has 114 valence electrons. The lowest BCUT2D eigenvalue weighted by Gasteiger charge is -2.04. The molecule has 0 aliphatic carbocycles. The number of rotatable bonds is 4. The number of nitrogens with zero attached hydrogens (tertiary/aromatic N) is 1. The molecule has 7 heteroatoms. The van der Waals surface area contributed by atoms with Crippen LogP contribution < -0.4 is 11.1 Å². The van der Waals surface area contributed by atoms with E-state index in [0.29, 0.717) is 21.9 Å². The van der Waals surface area contributed by atoms with Crippen LogP contribution in [0.1, 0.15) is 11.5 Å². The van der Waals surface area contributed by atoms with E-state index in [1.54, 1.807) is 18.2 Å². The Bertz CT molecular complexity index is 890. The molecular weight excluding hydrogens is 308 g/mol.